The fraction of sp³-hybridized carbons (Fsp3) is 0.400. The number of rotatable bonds is 3. The van der Waals surface area contributed by atoms with Gasteiger partial charge in [-0.1, -0.05) is 37.1 Å². The summed E-state index contributed by atoms with van der Waals surface area (Å²) < 4.78 is 0. The Kier molecular flexibility index (Phi) is 3.42. The van der Waals surface area contributed by atoms with Crippen molar-refractivity contribution in [2.75, 3.05) is 5.73 Å². The van der Waals surface area contributed by atoms with Gasteiger partial charge in [0, 0.05) is 0 Å². The summed E-state index contributed by atoms with van der Waals surface area (Å²) in [6, 6.07) is 5.81. The van der Waals surface area contributed by atoms with Gasteiger partial charge in [0.25, 0.3) is 0 Å². The van der Waals surface area contributed by atoms with Gasteiger partial charge in [0.1, 0.15) is 0 Å². The van der Waals surface area contributed by atoms with Crippen LogP contribution in [0.5, 0.6) is 0 Å². The molecule has 0 atom stereocenters. The molecular formula is C10H14ClN. The van der Waals surface area contributed by atoms with Gasteiger partial charge in [-0.25, -0.2) is 0 Å². The molecule has 1 aromatic carbocycles. The Balaban J connectivity index is 2.78. The van der Waals surface area contributed by atoms with Crippen LogP contribution in [0.1, 0.15) is 25.3 Å². The van der Waals surface area contributed by atoms with Crippen LogP contribution in [-0.2, 0) is 6.42 Å². The standard InChI is InChI=1S/C10H14ClN/c1-2-3-5-8-6-4-7-9(11)10(8)12/h4,6-7H,2-3,5,12H2,1H3. The number of nitrogen functional groups attached to an aromatic ring is 1. The molecular weight excluding hydrogens is 170 g/mol. The Morgan fingerprint density at radius 1 is 1.42 bits per heavy atom. The first-order valence-electron chi connectivity index (χ1n) is 4.28. The number of aryl methyl sites for hydroxylation is 1. The van der Waals surface area contributed by atoms with Crippen molar-refractivity contribution in [3.63, 3.8) is 0 Å². The lowest BCUT2D eigenvalue weighted by molar-refractivity contribution is 0.796. The highest BCUT2D eigenvalue weighted by Gasteiger charge is 2.01. The van der Waals surface area contributed by atoms with Crippen molar-refractivity contribution in [3.8, 4) is 0 Å². The molecule has 0 heterocycles. The number of benzene rings is 1. The predicted octanol–water partition coefficient (Wildman–Crippen LogP) is 3.26. The second-order valence-corrected chi connectivity index (χ2v) is 3.32. The summed E-state index contributed by atoms with van der Waals surface area (Å²) in [6.07, 6.45) is 3.39. The quantitative estimate of drug-likeness (QED) is 0.716. The Bertz CT molecular complexity index is 258. The Morgan fingerprint density at radius 2 is 2.17 bits per heavy atom. The largest absolute Gasteiger partial charge is 0.397 e. The van der Waals surface area contributed by atoms with E-state index in [1.165, 1.54) is 18.4 Å². The first-order valence-corrected chi connectivity index (χ1v) is 4.66. The SMILES string of the molecule is CCCCc1cccc(Cl)c1N. The van der Waals surface area contributed by atoms with E-state index in [1.54, 1.807) is 0 Å². The van der Waals surface area contributed by atoms with Crippen LogP contribution in [0.15, 0.2) is 18.2 Å². The molecule has 0 amide bonds. The number of unbranched alkanes of at least 4 members (excludes halogenated alkanes) is 1. The maximum atomic E-state index is 5.87. The van der Waals surface area contributed by atoms with Gasteiger partial charge in [-0.3, -0.25) is 0 Å². The molecule has 0 aromatic heterocycles. The molecule has 12 heavy (non-hydrogen) atoms. The molecule has 0 bridgehead atoms. The topological polar surface area (TPSA) is 26.0 Å². The number of hydrogen-bond acceptors (Lipinski definition) is 1. The highest BCUT2D eigenvalue weighted by atomic mass is 35.5. The van der Waals surface area contributed by atoms with Crippen molar-refractivity contribution in [3.05, 3.63) is 28.8 Å². The van der Waals surface area contributed by atoms with Crippen molar-refractivity contribution in [2.24, 2.45) is 0 Å². The average Bonchev–Trinajstić information content (AvgIpc) is 2.08. The molecule has 1 rings (SSSR count). The predicted molar refractivity (Wildman–Crippen MR) is 54.5 cm³/mol. The first-order chi connectivity index (χ1) is 5.75. The van der Waals surface area contributed by atoms with Crippen LogP contribution >= 0.6 is 11.6 Å². The maximum Gasteiger partial charge on any atom is 0.0638 e. The Hall–Kier alpha value is -0.690. The number of halogens is 1. The van der Waals surface area contributed by atoms with Crippen molar-refractivity contribution >= 4 is 17.3 Å². The molecule has 0 spiro atoms. The van der Waals surface area contributed by atoms with E-state index in [1.807, 2.05) is 18.2 Å². The fourth-order valence-electron chi connectivity index (χ4n) is 1.17. The Labute approximate surface area is 78.5 Å². The average molecular weight is 184 g/mol. The molecule has 0 aliphatic heterocycles. The van der Waals surface area contributed by atoms with E-state index in [4.69, 9.17) is 17.3 Å². The van der Waals surface area contributed by atoms with E-state index in [-0.39, 0.29) is 0 Å². The zero-order valence-electron chi connectivity index (χ0n) is 7.31. The van der Waals surface area contributed by atoms with Crippen LogP contribution in [0.25, 0.3) is 0 Å². The molecule has 0 saturated carbocycles. The summed E-state index contributed by atoms with van der Waals surface area (Å²) in [6.45, 7) is 2.17. The second-order valence-electron chi connectivity index (χ2n) is 2.92. The summed E-state index contributed by atoms with van der Waals surface area (Å²) in [7, 11) is 0. The van der Waals surface area contributed by atoms with Gasteiger partial charge in [-0.2, -0.15) is 0 Å². The molecule has 0 aliphatic carbocycles. The Morgan fingerprint density at radius 3 is 2.83 bits per heavy atom. The van der Waals surface area contributed by atoms with Gasteiger partial charge >= 0.3 is 0 Å². The molecule has 1 aromatic rings. The fourth-order valence-corrected chi connectivity index (χ4v) is 1.36. The molecule has 0 fully saturated rings. The normalized spacial score (nSPS) is 10.2. The molecule has 0 radical (unpaired) electrons. The van der Waals surface area contributed by atoms with Crippen molar-refractivity contribution in [1.29, 1.82) is 0 Å². The minimum atomic E-state index is 0.670. The summed E-state index contributed by atoms with van der Waals surface area (Å²) in [4.78, 5) is 0. The lowest BCUT2D eigenvalue weighted by atomic mass is 10.1. The minimum Gasteiger partial charge on any atom is -0.397 e. The second kappa shape index (κ2) is 4.36. The number of para-hydroxylation sites is 1. The van der Waals surface area contributed by atoms with Crippen LogP contribution < -0.4 is 5.73 Å². The monoisotopic (exact) mass is 183 g/mol. The summed E-state index contributed by atoms with van der Waals surface area (Å²) in [5.74, 6) is 0. The lowest BCUT2D eigenvalue weighted by Crippen LogP contribution is -1.94. The van der Waals surface area contributed by atoms with Gasteiger partial charge in [0.05, 0.1) is 10.7 Å². The number of nitrogens with two attached hydrogens (primary N) is 1. The van der Waals surface area contributed by atoms with E-state index in [0.29, 0.717) is 5.02 Å². The van der Waals surface area contributed by atoms with E-state index in [2.05, 4.69) is 6.92 Å². The van der Waals surface area contributed by atoms with Crippen LogP contribution in [0.2, 0.25) is 5.02 Å². The third kappa shape index (κ3) is 2.15. The van der Waals surface area contributed by atoms with E-state index >= 15 is 0 Å². The van der Waals surface area contributed by atoms with Gasteiger partial charge in [-0.05, 0) is 24.5 Å². The van der Waals surface area contributed by atoms with Crippen LogP contribution in [0, 0.1) is 0 Å². The van der Waals surface area contributed by atoms with Crippen molar-refractivity contribution in [2.45, 2.75) is 26.2 Å². The van der Waals surface area contributed by atoms with E-state index < -0.39 is 0 Å². The van der Waals surface area contributed by atoms with Crippen molar-refractivity contribution in [1.82, 2.24) is 0 Å². The lowest BCUT2D eigenvalue weighted by Gasteiger charge is -2.05. The van der Waals surface area contributed by atoms with E-state index in [9.17, 15) is 0 Å². The van der Waals surface area contributed by atoms with Gasteiger partial charge in [0.2, 0.25) is 0 Å². The molecule has 0 saturated heterocycles. The van der Waals surface area contributed by atoms with Crippen LogP contribution in [-0.4, -0.2) is 0 Å². The summed E-state index contributed by atoms with van der Waals surface area (Å²) >= 11 is 5.87. The van der Waals surface area contributed by atoms with E-state index in [0.717, 1.165) is 12.1 Å². The minimum absolute atomic E-state index is 0.670. The van der Waals surface area contributed by atoms with Crippen LogP contribution in [0.3, 0.4) is 0 Å². The van der Waals surface area contributed by atoms with Gasteiger partial charge in [0.15, 0.2) is 0 Å². The maximum absolute atomic E-state index is 5.87. The number of anilines is 1. The molecule has 0 aliphatic rings. The molecule has 2 N–H and O–H groups in total. The highest BCUT2D eigenvalue weighted by Crippen LogP contribution is 2.23. The third-order valence-electron chi connectivity index (χ3n) is 1.94. The first kappa shape index (κ1) is 9.40. The molecule has 66 valence electrons. The zero-order valence-corrected chi connectivity index (χ0v) is 8.06. The summed E-state index contributed by atoms with van der Waals surface area (Å²) in [5.41, 5.74) is 7.71. The molecule has 2 heteroatoms. The molecule has 0 unspecified atom stereocenters. The summed E-state index contributed by atoms with van der Waals surface area (Å²) in [5, 5.41) is 0.670. The zero-order chi connectivity index (χ0) is 8.97. The van der Waals surface area contributed by atoms with Gasteiger partial charge in [-0.15, -0.1) is 0 Å². The third-order valence-corrected chi connectivity index (χ3v) is 2.27. The van der Waals surface area contributed by atoms with Crippen molar-refractivity contribution < 1.29 is 0 Å². The van der Waals surface area contributed by atoms with Crippen LogP contribution in [0.4, 0.5) is 5.69 Å². The smallest absolute Gasteiger partial charge is 0.0638 e. The van der Waals surface area contributed by atoms with Gasteiger partial charge < -0.3 is 5.73 Å². The highest BCUT2D eigenvalue weighted by molar-refractivity contribution is 6.33. The number of hydrogen-bond donors (Lipinski definition) is 1. The molecule has 1 nitrogen and oxygen atoms in total.